The molecule has 47 heavy (non-hydrogen) atoms. The van der Waals surface area contributed by atoms with Gasteiger partial charge in [-0.25, -0.2) is 9.59 Å². The second kappa shape index (κ2) is 12.4. The van der Waals surface area contributed by atoms with Gasteiger partial charge in [-0.2, -0.15) is 0 Å². The maximum Gasteiger partial charge on any atom is 0.328 e. The summed E-state index contributed by atoms with van der Waals surface area (Å²) in [5.41, 5.74) is 14.3. The summed E-state index contributed by atoms with van der Waals surface area (Å²) >= 11 is 0. The number of aryl methyl sites for hydroxylation is 1. The van der Waals surface area contributed by atoms with Crippen molar-refractivity contribution < 1.29 is 19.8 Å². The average Bonchev–Trinajstić information content (AvgIpc) is 3.63. The maximum absolute atomic E-state index is 11.1. The van der Waals surface area contributed by atoms with Crippen LogP contribution < -0.4 is 0 Å². The van der Waals surface area contributed by atoms with Gasteiger partial charge in [-0.1, -0.05) is 97.9 Å². The smallest absolute Gasteiger partial charge is 0.328 e. The molecule has 0 bridgehead atoms. The van der Waals surface area contributed by atoms with E-state index in [0.29, 0.717) is 0 Å². The third kappa shape index (κ3) is 6.98. The van der Waals surface area contributed by atoms with Gasteiger partial charge in [0, 0.05) is 12.2 Å². The van der Waals surface area contributed by atoms with E-state index in [1.807, 2.05) is 0 Å². The second-order valence-electron chi connectivity index (χ2n) is 16.8. The third-order valence-corrected chi connectivity index (χ3v) is 11.5. The summed E-state index contributed by atoms with van der Waals surface area (Å²) in [5, 5.41) is 18.2. The highest BCUT2D eigenvalue weighted by atomic mass is 16.4. The van der Waals surface area contributed by atoms with Crippen LogP contribution in [0.5, 0.6) is 0 Å². The van der Waals surface area contributed by atoms with E-state index in [4.69, 9.17) is 10.2 Å². The standard InChI is InChI=1S/C22H28O2.C21H26O2/c1-14-11-18-19(22(4,5)10-9-21(18,2)3)13-17(14)16-8-6-7-15(16)12-20(23)24;1-20(2)10-11-21(3,4)18-12-15(8-9-17(18)20)16-7-5-6-14(16)13-19(22)23/h8,11-13H,6-7,9-10H2,1-5H3,(H,23,24);7-9,12-13H,5-6,10-11H2,1-4H3,(H,22,23). The first-order chi connectivity index (χ1) is 21.8. The van der Waals surface area contributed by atoms with Crippen molar-refractivity contribution in [2.45, 2.75) is 135 Å². The number of carbonyl (C=O) groups is 2. The lowest BCUT2D eigenvalue weighted by molar-refractivity contribution is -0.132. The largest absolute Gasteiger partial charge is 0.478 e. The minimum atomic E-state index is -0.854. The van der Waals surface area contributed by atoms with Crippen LogP contribution in [-0.4, -0.2) is 22.2 Å². The number of carboxylic acids is 2. The zero-order valence-corrected chi connectivity index (χ0v) is 30.1. The molecule has 2 aromatic carbocycles. The molecule has 2 N–H and O–H groups in total. The van der Waals surface area contributed by atoms with Crippen molar-refractivity contribution in [1.82, 2.24) is 0 Å². The van der Waals surface area contributed by atoms with Gasteiger partial charge in [-0.15, -0.1) is 0 Å². The molecule has 0 amide bonds. The van der Waals surface area contributed by atoms with Gasteiger partial charge in [-0.05, 0) is 141 Å². The minimum absolute atomic E-state index is 0.170. The third-order valence-electron chi connectivity index (χ3n) is 11.5. The molecule has 0 aliphatic heterocycles. The second-order valence-corrected chi connectivity index (χ2v) is 16.8. The zero-order chi connectivity index (χ0) is 34.5. The fraction of sp³-hybridized carbons (Fsp3) is 0.488. The molecular weight excluding hydrogens is 580 g/mol. The van der Waals surface area contributed by atoms with Crippen LogP contribution in [0.3, 0.4) is 0 Å². The normalized spacial score (nSPS) is 23.3. The Bertz CT molecular complexity index is 1730. The molecule has 4 aliphatic rings. The van der Waals surface area contributed by atoms with Gasteiger partial charge in [-0.3, -0.25) is 0 Å². The van der Waals surface area contributed by atoms with Crippen molar-refractivity contribution >= 4 is 23.1 Å². The van der Waals surface area contributed by atoms with E-state index >= 15 is 0 Å². The number of fused-ring (bicyclic) bond motifs is 2. The van der Waals surface area contributed by atoms with Gasteiger partial charge in [0.15, 0.2) is 0 Å². The molecule has 2 aromatic rings. The highest BCUT2D eigenvalue weighted by Gasteiger charge is 2.39. The van der Waals surface area contributed by atoms with Crippen LogP contribution in [0.25, 0.3) is 11.1 Å². The Balaban J connectivity index is 0.000000185. The molecular formula is C43H54O4. The summed E-state index contributed by atoms with van der Waals surface area (Å²) in [6.07, 6.45) is 15.4. The van der Waals surface area contributed by atoms with E-state index in [9.17, 15) is 9.59 Å². The minimum Gasteiger partial charge on any atom is -0.478 e. The lowest BCUT2D eigenvalue weighted by atomic mass is 9.62. The van der Waals surface area contributed by atoms with Crippen LogP contribution in [0.2, 0.25) is 0 Å². The molecule has 0 saturated carbocycles. The van der Waals surface area contributed by atoms with Crippen molar-refractivity contribution in [3.8, 4) is 0 Å². The van der Waals surface area contributed by atoms with Crippen molar-refractivity contribution in [3.05, 3.63) is 105 Å². The van der Waals surface area contributed by atoms with Gasteiger partial charge < -0.3 is 10.2 Å². The maximum atomic E-state index is 11.1. The predicted octanol–water partition coefficient (Wildman–Crippen LogP) is 10.8. The van der Waals surface area contributed by atoms with Gasteiger partial charge in [0.05, 0.1) is 0 Å². The van der Waals surface area contributed by atoms with Crippen LogP contribution in [0.15, 0.2) is 65.8 Å². The lowest BCUT2D eigenvalue weighted by Crippen LogP contribution is -2.34. The Labute approximate surface area is 282 Å². The van der Waals surface area contributed by atoms with E-state index in [1.165, 1.54) is 76.8 Å². The summed E-state index contributed by atoms with van der Waals surface area (Å²) in [7, 11) is 0. The molecule has 0 atom stereocenters. The Morgan fingerprint density at radius 1 is 0.596 bits per heavy atom. The first kappa shape index (κ1) is 34.7. The van der Waals surface area contributed by atoms with E-state index < -0.39 is 11.9 Å². The van der Waals surface area contributed by atoms with Gasteiger partial charge >= 0.3 is 11.9 Å². The first-order valence-electron chi connectivity index (χ1n) is 17.4. The molecule has 0 spiro atoms. The van der Waals surface area contributed by atoms with Crippen LogP contribution in [0, 0.1) is 6.92 Å². The van der Waals surface area contributed by atoms with Crippen LogP contribution in [0.4, 0.5) is 0 Å². The van der Waals surface area contributed by atoms with Gasteiger partial charge in [0.2, 0.25) is 0 Å². The summed E-state index contributed by atoms with van der Waals surface area (Å²) in [4.78, 5) is 22.2. The lowest BCUT2D eigenvalue weighted by Gasteiger charge is -2.42. The highest BCUT2D eigenvalue weighted by Crippen LogP contribution is 2.49. The fourth-order valence-corrected chi connectivity index (χ4v) is 8.23. The Morgan fingerprint density at radius 3 is 1.53 bits per heavy atom. The zero-order valence-electron chi connectivity index (χ0n) is 30.1. The van der Waals surface area contributed by atoms with Gasteiger partial charge in [0.1, 0.15) is 0 Å². The molecule has 4 aliphatic carbocycles. The van der Waals surface area contributed by atoms with E-state index in [1.54, 1.807) is 0 Å². The first-order valence-corrected chi connectivity index (χ1v) is 17.4. The molecule has 4 nitrogen and oxygen atoms in total. The van der Waals surface area contributed by atoms with Crippen molar-refractivity contribution in [2.75, 3.05) is 0 Å². The average molecular weight is 635 g/mol. The SMILES string of the molecule is CC1(C)CCC(C)(C)c2cc(C3=CCCC3=CC(=O)O)ccc21.Cc1cc2c(cc1C1=CCCC1=CC(=O)O)C(C)(C)CCC2(C)C. The Morgan fingerprint density at radius 2 is 1.02 bits per heavy atom. The topological polar surface area (TPSA) is 74.6 Å². The molecule has 0 unspecified atom stereocenters. The number of rotatable bonds is 4. The van der Waals surface area contributed by atoms with Crippen molar-refractivity contribution in [3.63, 3.8) is 0 Å². The molecule has 0 fully saturated rings. The van der Waals surface area contributed by atoms with Crippen molar-refractivity contribution in [1.29, 1.82) is 0 Å². The fourth-order valence-electron chi connectivity index (χ4n) is 8.23. The molecule has 250 valence electrons. The number of carboxylic acid groups (broad SMARTS) is 2. The Hall–Kier alpha value is -3.66. The van der Waals surface area contributed by atoms with Crippen LogP contribution >= 0.6 is 0 Å². The molecule has 0 heterocycles. The number of hydrogen-bond acceptors (Lipinski definition) is 2. The molecule has 6 rings (SSSR count). The summed E-state index contributed by atoms with van der Waals surface area (Å²) < 4.78 is 0. The van der Waals surface area contributed by atoms with E-state index in [2.05, 4.69) is 105 Å². The summed E-state index contributed by atoms with van der Waals surface area (Å²) in [6, 6.07) is 11.4. The van der Waals surface area contributed by atoms with Crippen molar-refractivity contribution in [2.24, 2.45) is 0 Å². The predicted molar refractivity (Wildman–Crippen MR) is 194 cm³/mol. The Kier molecular flexibility index (Phi) is 9.16. The quantitative estimate of drug-likeness (QED) is 0.328. The number of aliphatic carboxylic acids is 2. The molecule has 0 saturated heterocycles. The molecule has 4 heteroatoms. The van der Waals surface area contributed by atoms with Gasteiger partial charge in [0.25, 0.3) is 0 Å². The number of allylic oxidation sites excluding steroid dienone is 6. The van der Waals surface area contributed by atoms with Crippen LogP contribution in [-0.2, 0) is 31.2 Å². The molecule has 0 aromatic heterocycles. The summed E-state index contributed by atoms with van der Waals surface area (Å²) in [5.74, 6) is -1.71. The molecule has 0 radical (unpaired) electrons. The number of benzene rings is 2. The highest BCUT2D eigenvalue weighted by molar-refractivity contribution is 5.92. The van der Waals surface area contributed by atoms with Crippen LogP contribution in [0.1, 0.15) is 146 Å². The van der Waals surface area contributed by atoms with E-state index in [0.717, 1.165) is 48.0 Å². The number of hydrogen-bond donors (Lipinski definition) is 2. The van der Waals surface area contributed by atoms with E-state index in [-0.39, 0.29) is 21.7 Å². The monoisotopic (exact) mass is 634 g/mol. The summed E-state index contributed by atoms with van der Waals surface area (Å²) in [6.45, 7) is 20.8.